The van der Waals surface area contributed by atoms with E-state index in [-0.39, 0.29) is 34.7 Å². The molecule has 0 spiro atoms. The van der Waals surface area contributed by atoms with E-state index in [1.165, 1.54) is 20.8 Å². The summed E-state index contributed by atoms with van der Waals surface area (Å²) in [7, 11) is 0. The number of hydrogen-bond donors (Lipinski definition) is 0. The van der Waals surface area contributed by atoms with Gasteiger partial charge in [-0.25, -0.2) is 0 Å². The van der Waals surface area contributed by atoms with Crippen molar-refractivity contribution in [3.05, 3.63) is 0 Å². The van der Waals surface area contributed by atoms with Gasteiger partial charge < -0.3 is 29.7 Å². The van der Waals surface area contributed by atoms with Gasteiger partial charge in [-0.3, -0.25) is 14.4 Å². The first-order valence-corrected chi connectivity index (χ1v) is 5.46. The summed E-state index contributed by atoms with van der Waals surface area (Å²) in [4.78, 5) is 57.9. The summed E-state index contributed by atoms with van der Waals surface area (Å²) in [5.41, 5.74) is 0. The summed E-state index contributed by atoms with van der Waals surface area (Å²) in [6.07, 6.45) is -1.42. The second kappa shape index (κ2) is 17.0. The molecule has 0 aromatic carbocycles. The molecule has 0 aliphatic heterocycles. The van der Waals surface area contributed by atoms with E-state index in [9.17, 15) is 44.1 Å². The summed E-state index contributed by atoms with van der Waals surface area (Å²) in [6, 6.07) is 0. The number of carbonyl (C=O) groups excluding carboxylic acids is 6. The quantitative estimate of drug-likeness (QED) is 0.432. The predicted molar refractivity (Wildman–Crippen MR) is 60.9 cm³/mol. The summed E-state index contributed by atoms with van der Waals surface area (Å²) in [5, 5.41) is 28.4. The SMILES string of the molecule is CC(=O)CC(=O)[O-].CC(=O)CC(=O)[O-].CC(=O)CC(=O)[O-].[Cr+3]. The van der Waals surface area contributed by atoms with E-state index in [1.54, 1.807) is 0 Å². The second-order valence-electron chi connectivity index (χ2n) is 3.75. The molecule has 0 atom stereocenters. The van der Waals surface area contributed by atoms with Crippen LogP contribution < -0.4 is 15.3 Å². The average molecular weight is 355 g/mol. The average Bonchev–Trinajstić information content (AvgIpc) is 2.10. The van der Waals surface area contributed by atoms with Crippen LogP contribution >= 0.6 is 0 Å². The maximum absolute atomic E-state index is 9.83. The van der Waals surface area contributed by atoms with Gasteiger partial charge >= 0.3 is 17.4 Å². The Kier molecular flexibility index (Phi) is 21.8. The molecule has 0 aromatic heterocycles. The van der Waals surface area contributed by atoms with E-state index >= 15 is 0 Å². The number of Topliss-reactive ketones (excluding diaryl/α,β-unsaturated/α-hetero) is 3. The number of carboxylic acid groups (broad SMARTS) is 3. The Morgan fingerprint density at radius 3 is 0.682 bits per heavy atom. The van der Waals surface area contributed by atoms with Crippen molar-refractivity contribution in [3.63, 3.8) is 0 Å². The van der Waals surface area contributed by atoms with Crippen molar-refractivity contribution in [2.45, 2.75) is 40.0 Å². The number of ketones is 3. The van der Waals surface area contributed by atoms with Crippen LogP contribution in [0.4, 0.5) is 0 Å². The Labute approximate surface area is 137 Å². The van der Waals surface area contributed by atoms with Gasteiger partial charge in [0.15, 0.2) is 0 Å². The topological polar surface area (TPSA) is 172 Å². The van der Waals surface area contributed by atoms with Gasteiger partial charge in [0.1, 0.15) is 17.3 Å². The number of carbonyl (C=O) groups is 6. The van der Waals surface area contributed by atoms with Crippen molar-refractivity contribution in [1.82, 2.24) is 0 Å². The fourth-order valence-corrected chi connectivity index (χ4v) is 0.610. The summed E-state index contributed by atoms with van der Waals surface area (Å²) in [5.74, 6) is -5.06. The van der Waals surface area contributed by atoms with Crippen LogP contribution in [0.25, 0.3) is 0 Å². The van der Waals surface area contributed by atoms with Gasteiger partial charge in [-0.2, -0.15) is 0 Å². The maximum Gasteiger partial charge on any atom is 3.00 e. The van der Waals surface area contributed by atoms with Crippen molar-refractivity contribution >= 4 is 35.3 Å². The van der Waals surface area contributed by atoms with Crippen LogP contribution in [0, 0.1) is 0 Å². The molecule has 0 N–H and O–H groups in total. The minimum absolute atomic E-state index is 0. The fourth-order valence-electron chi connectivity index (χ4n) is 0.610. The molecular formula is C12H15CrO9. The van der Waals surface area contributed by atoms with E-state index < -0.39 is 37.2 Å². The first-order chi connectivity index (χ1) is 9.38. The second-order valence-corrected chi connectivity index (χ2v) is 3.75. The molecular weight excluding hydrogens is 340 g/mol. The van der Waals surface area contributed by atoms with E-state index in [0.717, 1.165) is 0 Å². The molecule has 0 heterocycles. The number of aliphatic carboxylic acids is 3. The first kappa shape index (κ1) is 28.2. The van der Waals surface area contributed by atoms with E-state index in [1.807, 2.05) is 0 Å². The molecule has 0 saturated heterocycles. The maximum atomic E-state index is 9.83. The third kappa shape index (κ3) is 52.1. The normalized spacial score (nSPS) is 7.77. The zero-order valence-corrected chi connectivity index (χ0v) is 13.5. The minimum Gasteiger partial charge on any atom is -0.550 e. The van der Waals surface area contributed by atoms with Crippen LogP contribution in [0.2, 0.25) is 0 Å². The van der Waals surface area contributed by atoms with Gasteiger partial charge in [-0.15, -0.1) is 0 Å². The standard InChI is InChI=1S/3C4H6O3.Cr/c3*1-3(5)2-4(6)7;/h3*2H2,1H3,(H,6,7);/q;;;+3/p-3. The monoisotopic (exact) mass is 355 g/mol. The molecule has 0 aliphatic rings. The molecule has 10 heteroatoms. The first-order valence-electron chi connectivity index (χ1n) is 5.46. The van der Waals surface area contributed by atoms with Gasteiger partial charge in [0, 0.05) is 37.2 Å². The number of hydrogen-bond acceptors (Lipinski definition) is 9. The fraction of sp³-hybridized carbons (Fsp3) is 0.500. The minimum atomic E-state index is -1.31. The summed E-state index contributed by atoms with van der Waals surface area (Å²) < 4.78 is 0. The molecule has 0 amide bonds. The Morgan fingerprint density at radius 2 is 0.682 bits per heavy atom. The van der Waals surface area contributed by atoms with Crippen molar-refractivity contribution in [2.75, 3.05) is 0 Å². The van der Waals surface area contributed by atoms with Crippen molar-refractivity contribution in [3.8, 4) is 0 Å². The van der Waals surface area contributed by atoms with Gasteiger partial charge in [0.25, 0.3) is 0 Å². The van der Waals surface area contributed by atoms with Gasteiger partial charge in [0.2, 0.25) is 0 Å². The zero-order valence-electron chi connectivity index (χ0n) is 12.2. The number of rotatable bonds is 6. The Balaban J connectivity index is -0.000000108. The van der Waals surface area contributed by atoms with Gasteiger partial charge in [0.05, 0.1) is 0 Å². The van der Waals surface area contributed by atoms with Crippen molar-refractivity contribution < 1.29 is 61.4 Å². The summed E-state index contributed by atoms with van der Waals surface area (Å²) >= 11 is 0. The molecule has 0 unspecified atom stereocenters. The Hall–Kier alpha value is -2.05. The van der Waals surface area contributed by atoms with Crippen LogP contribution in [-0.4, -0.2) is 35.3 Å². The molecule has 123 valence electrons. The predicted octanol–water partition coefficient (Wildman–Crippen LogP) is -3.86. The van der Waals surface area contributed by atoms with E-state index in [0.29, 0.717) is 0 Å². The smallest absolute Gasteiger partial charge is 0.550 e. The van der Waals surface area contributed by atoms with Crippen LogP contribution in [0.5, 0.6) is 0 Å². The van der Waals surface area contributed by atoms with Crippen LogP contribution in [0.3, 0.4) is 0 Å². The van der Waals surface area contributed by atoms with E-state index in [4.69, 9.17) is 0 Å². The van der Waals surface area contributed by atoms with Crippen LogP contribution in [-0.2, 0) is 46.1 Å². The molecule has 1 radical (unpaired) electrons. The van der Waals surface area contributed by atoms with Crippen molar-refractivity contribution in [1.29, 1.82) is 0 Å². The molecule has 22 heavy (non-hydrogen) atoms. The molecule has 0 saturated carbocycles. The Morgan fingerprint density at radius 1 is 0.545 bits per heavy atom. The number of carboxylic acids is 3. The van der Waals surface area contributed by atoms with Crippen molar-refractivity contribution in [2.24, 2.45) is 0 Å². The molecule has 0 aromatic rings. The summed E-state index contributed by atoms with van der Waals surface area (Å²) in [6.45, 7) is 3.61. The van der Waals surface area contributed by atoms with Crippen LogP contribution in [0.1, 0.15) is 40.0 Å². The third-order valence-corrected chi connectivity index (χ3v) is 1.18. The Bertz CT molecular complexity index is 317. The van der Waals surface area contributed by atoms with Gasteiger partial charge in [-0.1, -0.05) is 0 Å². The molecule has 0 rings (SSSR count). The zero-order chi connectivity index (χ0) is 17.6. The molecule has 0 aliphatic carbocycles. The molecule has 9 nitrogen and oxygen atoms in total. The molecule has 0 bridgehead atoms. The molecule has 0 fully saturated rings. The largest absolute Gasteiger partial charge is 3.00 e. The third-order valence-electron chi connectivity index (χ3n) is 1.18. The van der Waals surface area contributed by atoms with Gasteiger partial charge in [-0.05, 0) is 20.8 Å². The van der Waals surface area contributed by atoms with E-state index in [2.05, 4.69) is 0 Å². The van der Waals surface area contributed by atoms with Crippen LogP contribution in [0.15, 0.2) is 0 Å².